The van der Waals surface area contributed by atoms with Gasteiger partial charge in [-0.05, 0) is 40.5 Å². The van der Waals surface area contributed by atoms with E-state index in [0.717, 1.165) is 0 Å². The summed E-state index contributed by atoms with van der Waals surface area (Å²) in [4.78, 5) is 11.2. The van der Waals surface area contributed by atoms with E-state index in [-0.39, 0.29) is 17.1 Å². The second-order valence-corrected chi connectivity index (χ2v) is 6.35. The van der Waals surface area contributed by atoms with Crippen molar-refractivity contribution in [1.29, 1.82) is 21.0 Å². The molecule has 0 aliphatic heterocycles. The normalized spacial score (nSPS) is 11.3. The Hall–Kier alpha value is -4.91. The number of benzene rings is 2. The van der Waals surface area contributed by atoms with E-state index in [9.17, 15) is 25.8 Å². The summed E-state index contributed by atoms with van der Waals surface area (Å²) < 4.78 is 0. The summed E-state index contributed by atoms with van der Waals surface area (Å²) in [5.74, 6) is -0.192. The molecule has 3 rings (SSSR count). The van der Waals surface area contributed by atoms with Gasteiger partial charge in [-0.25, -0.2) is 0 Å². The lowest BCUT2D eigenvalue weighted by Crippen LogP contribution is -2.05. The maximum atomic E-state index is 11.2. The third-order valence-corrected chi connectivity index (χ3v) is 4.49. The highest BCUT2D eigenvalue weighted by atomic mass is 16.1. The molecule has 0 aromatic heterocycles. The van der Waals surface area contributed by atoms with Crippen LogP contribution in [0.15, 0.2) is 65.3 Å². The standard InChI is InChI=1S/C24H13N5O/c1-15(30)29-19-8-6-16(7-9-19)10-22-23(17(11-25)12-26)20-4-2-3-5-21(20)24(22)18(13-27)14-28/h2-10H,1H3,(H,29,30). The average molecular weight is 387 g/mol. The van der Waals surface area contributed by atoms with Crippen LogP contribution in [0.25, 0.3) is 17.2 Å². The summed E-state index contributed by atoms with van der Waals surface area (Å²) in [5.41, 5.74) is 3.61. The van der Waals surface area contributed by atoms with Gasteiger partial charge in [-0.3, -0.25) is 4.79 Å². The Morgan fingerprint density at radius 3 is 1.67 bits per heavy atom. The van der Waals surface area contributed by atoms with Crippen molar-refractivity contribution in [1.82, 2.24) is 0 Å². The minimum atomic E-state index is -0.192. The lowest BCUT2D eigenvalue weighted by atomic mass is 9.94. The largest absolute Gasteiger partial charge is 0.326 e. The van der Waals surface area contributed by atoms with Crippen LogP contribution in [-0.4, -0.2) is 5.91 Å². The van der Waals surface area contributed by atoms with Gasteiger partial charge >= 0.3 is 0 Å². The molecule has 0 radical (unpaired) electrons. The molecular weight excluding hydrogens is 374 g/mol. The van der Waals surface area contributed by atoms with Crippen LogP contribution in [0.4, 0.5) is 5.69 Å². The molecule has 1 aliphatic carbocycles. The third-order valence-electron chi connectivity index (χ3n) is 4.49. The van der Waals surface area contributed by atoms with Gasteiger partial charge in [0.25, 0.3) is 0 Å². The second-order valence-electron chi connectivity index (χ2n) is 6.35. The summed E-state index contributed by atoms with van der Waals surface area (Å²) in [5, 5.41) is 40.7. The van der Waals surface area contributed by atoms with Crippen LogP contribution in [-0.2, 0) is 4.79 Å². The second kappa shape index (κ2) is 8.41. The number of nitriles is 4. The van der Waals surface area contributed by atoms with Crippen LogP contribution in [0.3, 0.4) is 0 Å². The molecule has 0 unspecified atom stereocenters. The fraction of sp³-hybridized carbons (Fsp3) is 0.0417. The van der Waals surface area contributed by atoms with E-state index >= 15 is 0 Å². The van der Waals surface area contributed by atoms with Gasteiger partial charge in [-0.15, -0.1) is 0 Å². The van der Waals surface area contributed by atoms with Crippen LogP contribution < -0.4 is 5.32 Å². The van der Waals surface area contributed by atoms with Crippen molar-refractivity contribution in [2.45, 2.75) is 6.92 Å². The zero-order valence-corrected chi connectivity index (χ0v) is 15.9. The number of rotatable bonds is 2. The molecule has 0 spiro atoms. The van der Waals surface area contributed by atoms with Crippen LogP contribution in [0, 0.1) is 45.3 Å². The Morgan fingerprint density at radius 2 is 1.27 bits per heavy atom. The van der Waals surface area contributed by atoms with Crippen LogP contribution in [0.1, 0.15) is 23.6 Å². The van der Waals surface area contributed by atoms with E-state index in [2.05, 4.69) is 5.32 Å². The maximum absolute atomic E-state index is 11.2. The Labute approximate surface area is 173 Å². The minimum absolute atomic E-state index is 0.103. The number of allylic oxidation sites excluding steroid dienone is 5. The molecule has 1 N–H and O–H groups in total. The fourth-order valence-electron chi connectivity index (χ4n) is 3.32. The van der Waals surface area contributed by atoms with E-state index < -0.39 is 0 Å². The lowest BCUT2D eigenvalue weighted by Gasteiger charge is -2.07. The molecule has 0 heterocycles. The molecule has 0 atom stereocenters. The van der Waals surface area contributed by atoms with Crippen molar-refractivity contribution in [2.75, 3.05) is 5.32 Å². The monoisotopic (exact) mass is 387 g/mol. The Balaban J connectivity index is 2.32. The fourth-order valence-corrected chi connectivity index (χ4v) is 3.32. The number of carbonyl (C=O) groups is 1. The van der Waals surface area contributed by atoms with Gasteiger partial charge in [0.05, 0.1) is 0 Å². The van der Waals surface area contributed by atoms with Gasteiger partial charge in [0.2, 0.25) is 5.91 Å². The van der Waals surface area contributed by atoms with Gasteiger partial charge in [0, 0.05) is 23.8 Å². The van der Waals surface area contributed by atoms with Crippen molar-refractivity contribution in [3.63, 3.8) is 0 Å². The number of hydrogen-bond acceptors (Lipinski definition) is 5. The molecular formula is C24H13N5O. The molecule has 2 aromatic carbocycles. The summed E-state index contributed by atoms with van der Waals surface area (Å²) in [6.07, 6.45) is 1.73. The number of nitrogens with zero attached hydrogens (tertiary/aromatic N) is 4. The molecule has 0 saturated carbocycles. The lowest BCUT2D eigenvalue weighted by molar-refractivity contribution is -0.114. The molecule has 1 amide bonds. The Bertz CT molecular complexity index is 1210. The number of hydrogen-bond donors (Lipinski definition) is 1. The van der Waals surface area contributed by atoms with E-state index in [1.54, 1.807) is 54.6 Å². The molecule has 0 saturated heterocycles. The molecule has 0 bridgehead atoms. The summed E-state index contributed by atoms with van der Waals surface area (Å²) in [7, 11) is 0. The van der Waals surface area contributed by atoms with Crippen molar-refractivity contribution in [2.24, 2.45) is 0 Å². The quantitative estimate of drug-likeness (QED) is 0.767. The molecule has 2 aromatic rings. The number of amides is 1. The van der Waals surface area contributed by atoms with Crippen LogP contribution in [0.5, 0.6) is 0 Å². The van der Waals surface area contributed by atoms with Crippen molar-refractivity contribution in [3.05, 3.63) is 81.9 Å². The highest BCUT2D eigenvalue weighted by Gasteiger charge is 2.31. The van der Waals surface area contributed by atoms with Gasteiger partial charge in [-0.1, -0.05) is 36.4 Å². The molecule has 140 valence electrons. The maximum Gasteiger partial charge on any atom is 0.221 e. The topological polar surface area (TPSA) is 124 Å². The van der Waals surface area contributed by atoms with Crippen LogP contribution in [0.2, 0.25) is 0 Å². The van der Waals surface area contributed by atoms with Crippen molar-refractivity contribution < 1.29 is 4.79 Å². The third kappa shape index (κ3) is 3.58. The van der Waals surface area contributed by atoms with Gasteiger partial charge in [0.15, 0.2) is 0 Å². The van der Waals surface area contributed by atoms with Gasteiger partial charge in [0.1, 0.15) is 35.4 Å². The first kappa shape index (κ1) is 19.8. The minimum Gasteiger partial charge on any atom is -0.326 e. The van der Waals surface area contributed by atoms with E-state index in [4.69, 9.17) is 0 Å². The first-order chi connectivity index (χ1) is 14.5. The van der Waals surface area contributed by atoms with Gasteiger partial charge in [-0.2, -0.15) is 21.0 Å². The first-order valence-electron chi connectivity index (χ1n) is 8.82. The van der Waals surface area contributed by atoms with E-state index in [1.165, 1.54) is 6.92 Å². The van der Waals surface area contributed by atoms with E-state index in [0.29, 0.717) is 39.1 Å². The van der Waals surface area contributed by atoms with Gasteiger partial charge < -0.3 is 5.32 Å². The summed E-state index contributed by atoms with van der Waals surface area (Å²) in [6.45, 7) is 1.41. The molecule has 30 heavy (non-hydrogen) atoms. The molecule has 0 fully saturated rings. The Morgan fingerprint density at radius 1 is 0.800 bits per heavy atom. The average Bonchev–Trinajstić information content (AvgIpc) is 3.05. The summed E-state index contributed by atoms with van der Waals surface area (Å²) >= 11 is 0. The van der Waals surface area contributed by atoms with Crippen molar-refractivity contribution >= 4 is 28.8 Å². The first-order valence-corrected chi connectivity index (χ1v) is 8.82. The SMILES string of the molecule is CC(=O)Nc1ccc(C=C2C(=C(C#N)C#N)c3ccccc3C2=C(C#N)C#N)cc1. The van der Waals surface area contributed by atoms with Crippen LogP contribution >= 0.6 is 0 Å². The number of anilines is 1. The number of carbonyl (C=O) groups excluding carboxylic acids is 1. The zero-order valence-electron chi connectivity index (χ0n) is 15.9. The zero-order chi connectivity index (χ0) is 21.7. The number of fused-ring (bicyclic) bond motifs is 1. The Kier molecular flexibility index (Phi) is 5.56. The molecule has 1 aliphatic rings. The number of nitrogens with one attached hydrogen (secondary N) is 1. The molecule has 6 heteroatoms. The highest BCUT2D eigenvalue weighted by Crippen LogP contribution is 2.48. The predicted molar refractivity (Wildman–Crippen MR) is 111 cm³/mol. The molecule has 6 nitrogen and oxygen atoms in total. The van der Waals surface area contributed by atoms with Crippen molar-refractivity contribution in [3.8, 4) is 24.3 Å². The summed E-state index contributed by atoms with van der Waals surface area (Å²) in [6, 6.07) is 21.7. The highest BCUT2D eigenvalue weighted by molar-refractivity contribution is 6.15. The predicted octanol–water partition coefficient (Wildman–Crippen LogP) is 4.34. The van der Waals surface area contributed by atoms with E-state index in [1.807, 2.05) is 24.3 Å². The smallest absolute Gasteiger partial charge is 0.221 e.